The second kappa shape index (κ2) is 21.2. The highest BCUT2D eigenvalue weighted by Crippen LogP contribution is 2.09. The van der Waals surface area contributed by atoms with Crippen molar-refractivity contribution >= 4 is 35.4 Å². The van der Waals surface area contributed by atoms with E-state index in [-0.39, 0.29) is 50.5 Å². The van der Waals surface area contributed by atoms with Gasteiger partial charge in [-0.25, -0.2) is 0 Å². The number of hydrogen-bond acceptors (Lipinski definition) is 7. The number of hydrogen-bond donors (Lipinski definition) is 6. The van der Waals surface area contributed by atoms with E-state index in [4.69, 9.17) is 10.8 Å². The van der Waals surface area contributed by atoms with Crippen molar-refractivity contribution < 1.29 is 33.9 Å². The zero-order valence-electron chi connectivity index (χ0n) is 21.7. The molecule has 0 radical (unpaired) electrons. The van der Waals surface area contributed by atoms with E-state index in [9.17, 15) is 28.8 Å². The largest absolute Gasteiger partial charge is 0.481 e. The molecule has 12 heteroatoms. The molecule has 0 aromatic heterocycles. The standard InChI is InChI=1S/C26H39N5O7.CH4/c27-17-29-25(37)19-9-8-10-20(15-19)26(38)31-18-30-23(34)16-22(33)28-14-7-3-1-2-4-11-21(32)12-5-6-13-24(35)36;/h8-10,15H,1-7,11-14,16-18,27H2,(H,28,33)(H,29,37)(H,30,34)(H,31,38)(H,35,36);1H4. The fraction of sp³-hybridized carbons (Fsp3) is 0.556. The monoisotopic (exact) mass is 549 g/mol. The second-order valence-corrected chi connectivity index (χ2v) is 8.76. The minimum atomic E-state index is -0.839. The summed E-state index contributed by atoms with van der Waals surface area (Å²) in [5.74, 6) is -2.52. The van der Waals surface area contributed by atoms with Crippen molar-refractivity contribution in [3.8, 4) is 0 Å². The first-order chi connectivity index (χ1) is 18.2. The summed E-state index contributed by atoms with van der Waals surface area (Å²) in [6.45, 7) is 0.243. The first kappa shape index (κ1) is 35.2. The molecule has 7 N–H and O–H groups in total. The predicted molar refractivity (Wildman–Crippen MR) is 147 cm³/mol. The fourth-order valence-electron chi connectivity index (χ4n) is 3.52. The number of carboxylic acid groups (broad SMARTS) is 1. The van der Waals surface area contributed by atoms with Crippen LogP contribution in [0.15, 0.2) is 24.3 Å². The summed E-state index contributed by atoms with van der Waals surface area (Å²) in [6, 6.07) is 6.03. The number of amides is 4. The first-order valence-electron chi connectivity index (χ1n) is 12.9. The molecule has 12 nitrogen and oxygen atoms in total. The molecule has 0 fully saturated rings. The van der Waals surface area contributed by atoms with Gasteiger partial charge in [0.15, 0.2) is 0 Å². The molecule has 0 unspecified atom stereocenters. The van der Waals surface area contributed by atoms with E-state index in [0.717, 1.165) is 32.1 Å². The van der Waals surface area contributed by atoms with Crippen LogP contribution in [0.5, 0.6) is 0 Å². The van der Waals surface area contributed by atoms with Gasteiger partial charge in [-0.3, -0.25) is 28.8 Å². The zero-order chi connectivity index (χ0) is 28.2. The molecule has 0 aliphatic carbocycles. The molecular formula is C27H43N5O7. The summed E-state index contributed by atoms with van der Waals surface area (Å²) < 4.78 is 0. The van der Waals surface area contributed by atoms with Crippen LogP contribution in [0.25, 0.3) is 0 Å². The highest BCUT2D eigenvalue weighted by molar-refractivity contribution is 6.00. The molecule has 0 aliphatic rings. The Balaban J connectivity index is 0.0000144. The van der Waals surface area contributed by atoms with E-state index in [1.54, 1.807) is 12.1 Å². The number of carboxylic acids is 1. The van der Waals surface area contributed by atoms with Crippen LogP contribution in [0.3, 0.4) is 0 Å². The van der Waals surface area contributed by atoms with Crippen molar-refractivity contribution in [2.75, 3.05) is 19.9 Å². The van der Waals surface area contributed by atoms with Crippen molar-refractivity contribution in [1.82, 2.24) is 21.3 Å². The van der Waals surface area contributed by atoms with Gasteiger partial charge in [0.1, 0.15) is 12.2 Å². The zero-order valence-corrected chi connectivity index (χ0v) is 21.7. The van der Waals surface area contributed by atoms with Gasteiger partial charge in [0, 0.05) is 36.9 Å². The van der Waals surface area contributed by atoms with Crippen LogP contribution in [0, 0.1) is 0 Å². The Hall–Kier alpha value is -3.80. The molecule has 0 saturated carbocycles. The van der Waals surface area contributed by atoms with Crippen LogP contribution in [-0.2, 0) is 19.2 Å². The van der Waals surface area contributed by atoms with E-state index in [0.29, 0.717) is 32.2 Å². The van der Waals surface area contributed by atoms with Gasteiger partial charge in [-0.1, -0.05) is 32.8 Å². The van der Waals surface area contributed by atoms with Crippen LogP contribution in [0.1, 0.15) is 98.8 Å². The Bertz CT molecular complexity index is 952. The van der Waals surface area contributed by atoms with E-state index >= 15 is 0 Å². The van der Waals surface area contributed by atoms with Gasteiger partial charge in [-0.15, -0.1) is 0 Å². The molecule has 218 valence electrons. The van der Waals surface area contributed by atoms with E-state index in [2.05, 4.69) is 21.3 Å². The molecule has 1 aromatic carbocycles. The smallest absolute Gasteiger partial charge is 0.303 e. The number of unbranched alkanes of at least 4 members (excludes halogenated alkanes) is 5. The minimum Gasteiger partial charge on any atom is -0.481 e. The minimum absolute atomic E-state index is 0. The lowest BCUT2D eigenvalue weighted by Gasteiger charge is -2.09. The summed E-state index contributed by atoms with van der Waals surface area (Å²) in [5.41, 5.74) is 5.79. The van der Waals surface area contributed by atoms with E-state index in [1.807, 2.05) is 0 Å². The van der Waals surface area contributed by atoms with Crippen LogP contribution in [-0.4, -0.2) is 60.4 Å². The molecule has 0 aliphatic heterocycles. The van der Waals surface area contributed by atoms with Gasteiger partial charge >= 0.3 is 5.97 Å². The quantitative estimate of drug-likeness (QED) is 0.0804. The Morgan fingerprint density at radius 3 is 1.87 bits per heavy atom. The van der Waals surface area contributed by atoms with Crippen molar-refractivity contribution in [1.29, 1.82) is 0 Å². The molecule has 1 aromatic rings. The van der Waals surface area contributed by atoms with Crippen LogP contribution < -0.4 is 27.0 Å². The van der Waals surface area contributed by atoms with E-state index < -0.39 is 29.6 Å². The summed E-state index contributed by atoms with van der Waals surface area (Å²) in [5, 5.41) is 18.6. The maximum Gasteiger partial charge on any atom is 0.303 e. The number of nitrogens with one attached hydrogen (secondary N) is 4. The number of carbonyl (C=O) groups excluding carboxylic acids is 5. The van der Waals surface area contributed by atoms with Gasteiger partial charge in [0.05, 0.1) is 13.3 Å². The summed E-state index contributed by atoms with van der Waals surface area (Å²) >= 11 is 0. The van der Waals surface area contributed by atoms with E-state index in [1.165, 1.54) is 12.1 Å². The third-order valence-corrected chi connectivity index (χ3v) is 5.56. The topological polar surface area (TPSA) is 197 Å². The average Bonchev–Trinajstić information content (AvgIpc) is 2.88. The highest BCUT2D eigenvalue weighted by Gasteiger charge is 2.12. The Labute approximate surface area is 229 Å². The summed E-state index contributed by atoms with van der Waals surface area (Å²) in [7, 11) is 0. The lowest BCUT2D eigenvalue weighted by molar-refractivity contribution is -0.137. The van der Waals surface area contributed by atoms with Crippen LogP contribution in [0.4, 0.5) is 0 Å². The molecule has 0 spiro atoms. The third-order valence-electron chi connectivity index (χ3n) is 5.56. The molecule has 1 rings (SSSR count). The van der Waals surface area contributed by atoms with Crippen molar-refractivity contribution in [2.45, 2.75) is 78.1 Å². The second-order valence-electron chi connectivity index (χ2n) is 8.76. The number of carbonyl (C=O) groups is 6. The van der Waals surface area contributed by atoms with Crippen molar-refractivity contribution in [3.63, 3.8) is 0 Å². The van der Waals surface area contributed by atoms with Gasteiger partial charge < -0.3 is 32.1 Å². The molecule has 4 amide bonds. The lowest BCUT2D eigenvalue weighted by Crippen LogP contribution is -2.39. The average molecular weight is 550 g/mol. The van der Waals surface area contributed by atoms with Gasteiger partial charge in [0.25, 0.3) is 11.8 Å². The molecule has 0 heterocycles. The fourth-order valence-corrected chi connectivity index (χ4v) is 3.52. The number of benzene rings is 1. The predicted octanol–water partition coefficient (Wildman–Crippen LogP) is 1.83. The Kier molecular flexibility index (Phi) is 19.1. The van der Waals surface area contributed by atoms with Crippen LogP contribution in [0.2, 0.25) is 0 Å². The maximum atomic E-state index is 12.2. The number of Topliss-reactive ketones (excluding diaryl/α,β-unsaturated/α-hetero) is 1. The highest BCUT2D eigenvalue weighted by atomic mass is 16.4. The summed E-state index contributed by atoms with van der Waals surface area (Å²) in [6.07, 6.45) is 6.12. The molecule has 0 saturated heterocycles. The SMILES string of the molecule is C.NCNC(=O)c1cccc(C(=O)NCNC(=O)CC(=O)NCCCCCCCC(=O)CCCCC(=O)O)c1. The molecule has 39 heavy (non-hydrogen) atoms. The first-order valence-corrected chi connectivity index (χ1v) is 12.9. The number of aliphatic carboxylic acids is 1. The molecular weight excluding hydrogens is 506 g/mol. The number of ketones is 1. The normalized spacial score (nSPS) is 10.1. The third kappa shape index (κ3) is 17.4. The number of nitrogens with two attached hydrogens (primary N) is 1. The maximum absolute atomic E-state index is 12.2. The lowest BCUT2D eigenvalue weighted by atomic mass is 10.0. The Morgan fingerprint density at radius 1 is 0.692 bits per heavy atom. The number of rotatable bonds is 20. The molecule has 0 bridgehead atoms. The van der Waals surface area contributed by atoms with Gasteiger partial charge in [-0.2, -0.15) is 0 Å². The summed E-state index contributed by atoms with van der Waals surface area (Å²) in [4.78, 5) is 70.0. The van der Waals surface area contributed by atoms with Crippen LogP contribution >= 0.6 is 0 Å². The molecule has 0 atom stereocenters. The van der Waals surface area contributed by atoms with Gasteiger partial charge in [0.2, 0.25) is 11.8 Å². The Morgan fingerprint density at radius 2 is 1.23 bits per heavy atom. The van der Waals surface area contributed by atoms with Crippen molar-refractivity contribution in [3.05, 3.63) is 35.4 Å². The van der Waals surface area contributed by atoms with Gasteiger partial charge in [-0.05, 0) is 43.9 Å². The van der Waals surface area contributed by atoms with Crippen molar-refractivity contribution in [2.24, 2.45) is 5.73 Å².